The Bertz CT molecular complexity index is 304. The van der Waals surface area contributed by atoms with Crippen molar-refractivity contribution in [1.29, 1.82) is 0 Å². The normalized spacial score (nSPS) is 17.5. The van der Waals surface area contributed by atoms with E-state index in [1.54, 1.807) is 0 Å². The van der Waals surface area contributed by atoms with Gasteiger partial charge in [-0.3, -0.25) is 0 Å². The molecule has 0 bridgehead atoms. The van der Waals surface area contributed by atoms with Gasteiger partial charge in [-0.1, -0.05) is 37.3 Å². The zero-order chi connectivity index (χ0) is 11.9. The van der Waals surface area contributed by atoms with Crippen molar-refractivity contribution in [2.45, 2.75) is 32.2 Å². The van der Waals surface area contributed by atoms with E-state index in [0.717, 1.165) is 6.04 Å². The van der Waals surface area contributed by atoms with E-state index in [-0.39, 0.29) is 0 Å². The summed E-state index contributed by atoms with van der Waals surface area (Å²) in [5.41, 5.74) is 1.46. The van der Waals surface area contributed by atoms with E-state index in [0.29, 0.717) is 0 Å². The van der Waals surface area contributed by atoms with Gasteiger partial charge in [0.15, 0.2) is 0 Å². The van der Waals surface area contributed by atoms with E-state index in [4.69, 9.17) is 0 Å². The first-order valence-electron chi connectivity index (χ1n) is 6.89. The molecule has 1 fully saturated rings. The van der Waals surface area contributed by atoms with Crippen LogP contribution in [0.1, 0.15) is 25.3 Å². The molecule has 1 aliphatic rings. The lowest BCUT2D eigenvalue weighted by Gasteiger charge is -2.33. The topological polar surface area (TPSA) is 15.3 Å². The number of rotatable bonds is 5. The predicted molar refractivity (Wildman–Crippen MR) is 73.3 cm³/mol. The second kappa shape index (κ2) is 6.77. The molecule has 0 saturated carbocycles. The Morgan fingerprint density at radius 2 is 1.88 bits per heavy atom. The largest absolute Gasteiger partial charge is 0.317 e. The highest BCUT2D eigenvalue weighted by Crippen LogP contribution is 2.12. The first-order valence-corrected chi connectivity index (χ1v) is 6.89. The van der Waals surface area contributed by atoms with Gasteiger partial charge in [-0.15, -0.1) is 0 Å². The van der Waals surface area contributed by atoms with Crippen LogP contribution in [0.4, 0.5) is 0 Å². The molecule has 0 unspecified atom stereocenters. The summed E-state index contributed by atoms with van der Waals surface area (Å²) in [4.78, 5) is 2.65. The van der Waals surface area contributed by atoms with Crippen molar-refractivity contribution < 1.29 is 0 Å². The molecule has 0 atom stereocenters. The standard InChI is InChI=1S/C15H24N2/c1-2-17(15-8-11-16-12-9-15)13-10-14-6-4-3-5-7-14/h3-7,15-16H,2,8-13H2,1H3. The average molecular weight is 232 g/mol. The van der Waals surface area contributed by atoms with Gasteiger partial charge in [0.25, 0.3) is 0 Å². The van der Waals surface area contributed by atoms with Crippen LogP contribution in [0.25, 0.3) is 0 Å². The molecule has 2 nitrogen and oxygen atoms in total. The van der Waals surface area contributed by atoms with Crippen LogP contribution in [0, 0.1) is 0 Å². The van der Waals surface area contributed by atoms with Crippen molar-refractivity contribution in [3.05, 3.63) is 35.9 Å². The van der Waals surface area contributed by atoms with Crippen LogP contribution >= 0.6 is 0 Å². The molecule has 2 heteroatoms. The van der Waals surface area contributed by atoms with Crippen LogP contribution in [-0.4, -0.2) is 37.1 Å². The molecule has 0 aliphatic carbocycles. The molecule has 0 amide bonds. The van der Waals surface area contributed by atoms with Crippen molar-refractivity contribution in [3.63, 3.8) is 0 Å². The second-order valence-corrected chi connectivity index (χ2v) is 4.85. The fourth-order valence-corrected chi connectivity index (χ4v) is 2.69. The Morgan fingerprint density at radius 3 is 2.53 bits per heavy atom. The number of piperidine rings is 1. The number of benzene rings is 1. The Balaban J connectivity index is 1.82. The highest BCUT2D eigenvalue weighted by Gasteiger charge is 2.18. The van der Waals surface area contributed by atoms with Crippen LogP contribution in [-0.2, 0) is 6.42 Å². The Labute approximate surface area is 105 Å². The maximum atomic E-state index is 3.44. The third kappa shape index (κ3) is 3.83. The van der Waals surface area contributed by atoms with E-state index in [2.05, 4.69) is 47.5 Å². The van der Waals surface area contributed by atoms with Crippen molar-refractivity contribution >= 4 is 0 Å². The molecule has 1 saturated heterocycles. The Hall–Kier alpha value is -0.860. The van der Waals surface area contributed by atoms with Gasteiger partial charge in [-0.05, 0) is 44.5 Å². The third-order valence-corrected chi connectivity index (χ3v) is 3.76. The summed E-state index contributed by atoms with van der Waals surface area (Å²) in [6, 6.07) is 11.6. The molecule has 1 aromatic carbocycles. The maximum absolute atomic E-state index is 3.44. The number of hydrogen-bond donors (Lipinski definition) is 1. The van der Waals surface area contributed by atoms with E-state index in [9.17, 15) is 0 Å². The highest BCUT2D eigenvalue weighted by atomic mass is 15.2. The van der Waals surface area contributed by atoms with Crippen LogP contribution in [0.2, 0.25) is 0 Å². The van der Waals surface area contributed by atoms with Crippen LogP contribution in [0.15, 0.2) is 30.3 Å². The molecule has 0 spiro atoms. The van der Waals surface area contributed by atoms with Gasteiger partial charge in [-0.25, -0.2) is 0 Å². The number of nitrogens with one attached hydrogen (secondary N) is 1. The zero-order valence-corrected chi connectivity index (χ0v) is 10.9. The summed E-state index contributed by atoms with van der Waals surface area (Å²) >= 11 is 0. The van der Waals surface area contributed by atoms with E-state index in [1.165, 1.54) is 51.0 Å². The summed E-state index contributed by atoms with van der Waals surface area (Å²) in [5, 5.41) is 3.44. The second-order valence-electron chi connectivity index (χ2n) is 4.85. The van der Waals surface area contributed by atoms with E-state index >= 15 is 0 Å². The lowest BCUT2D eigenvalue weighted by Crippen LogP contribution is -2.43. The first kappa shape index (κ1) is 12.6. The van der Waals surface area contributed by atoms with Crippen molar-refractivity contribution in [2.75, 3.05) is 26.2 Å². The zero-order valence-electron chi connectivity index (χ0n) is 10.9. The van der Waals surface area contributed by atoms with Gasteiger partial charge in [-0.2, -0.15) is 0 Å². The smallest absolute Gasteiger partial charge is 0.0119 e. The monoisotopic (exact) mass is 232 g/mol. The van der Waals surface area contributed by atoms with Crippen LogP contribution in [0.3, 0.4) is 0 Å². The first-order chi connectivity index (χ1) is 8.40. The summed E-state index contributed by atoms with van der Waals surface area (Å²) in [5.74, 6) is 0. The SMILES string of the molecule is CCN(CCc1ccccc1)C1CCNCC1. The van der Waals surface area contributed by atoms with Gasteiger partial charge in [0.2, 0.25) is 0 Å². The molecular formula is C15H24N2. The Kier molecular flexibility index (Phi) is 5.02. The Morgan fingerprint density at radius 1 is 1.18 bits per heavy atom. The van der Waals surface area contributed by atoms with Gasteiger partial charge < -0.3 is 10.2 Å². The quantitative estimate of drug-likeness (QED) is 0.838. The van der Waals surface area contributed by atoms with E-state index < -0.39 is 0 Å². The molecule has 1 aliphatic heterocycles. The van der Waals surface area contributed by atoms with Gasteiger partial charge in [0.05, 0.1) is 0 Å². The molecule has 94 valence electrons. The summed E-state index contributed by atoms with van der Waals surface area (Å²) in [6.07, 6.45) is 3.80. The van der Waals surface area contributed by atoms with Crippen LogP contribution < -0.4 is 5.32 Å². The molecule has 2 rings (SSSR count). The minimum atomic E-state index is 0.796. The third-order valence-electron chi connectivity index (χ3n) is 3.76. The van der Waals surface area contributed by atoms with Gasteiger partial charge in [0, 0.05) is 12.6 Å². The number of likely N-dealkylation sites (N-methyl/N-ethyl adjacent to an activating group) is 1. The van der Waals surface area contributed by atoms with E-state index in [1.807, 2.05) is 0 Å². The number of nitrogens with zero attached hydrogens (tertiary/aromatic N) is 1. The van der Waals surface area contributed by atoms with Crippen molar-refractivity contribution in [3.8, 4) is 0 Å². The minimum absolute atomic E-state index is 0.796. The van der Waals surface area contributed by atoms with Gasteiger partial charge in [0.1, 0.15) is 0 Å². The lowest BCUT2D eigenvalue weighted by molar-refractivity contribution is 0.172. The predicted octanol–water partition coefficient (Wildman–Crippen LogP) is 2.30. The summed E-state index contributed by atoms with van der Waals surface area (Å²) < 4.78 is 0. The minimum Gasteiger partial charge on any atom is -0.317 e. The lowest BCUT2D eigenvalue weighted by atomic mass is 10.0. The van der Waals surface area contributed by atoms with Crippen molar-refractivity contribution in [2.24, 2.45) is 0 Å². The summed E-state index contributed by atoms with van der Waals surface area (Å²) in [6.45, 7) is 7.04. The maximum Gasteiger partial charge on any atom is 0.0119 e. The molecule has 1 aromatic rings. The average Bonchev–Trinajstić information content (AvgIpc) is 2.42. The molecule has 17 heavy (non-hydrogen) atoms. The number of hydrogen-bond acceptors (Lipinski definition) is 2. The molecule has 0 aromatic heterocycles. The molecule has 1 N–H and O–H groups in total. The van der Waals surface area contributed by atoms with Crippen LogP contribution in [0.5, 0.6) is 0 Å². The molecule has 0 radical (unpaired) electrons. The fourth-order valence-electron chi connectivity index (χ4n) is 2.69. The fraction of sp³-hybridized carbons (Fsp3) is 0.600. The summed E-state index contributed by atoms with van der Waals surface area (Å²) in [7, 11) is 0. The van der Waals surface area contributed by atoms with Gasteiger partial charge >= 0.3 is 0 Å². The highest BCUT2D eigenvalue weighted by molar-refractivity contribution is 5.14. The van der Waals surface area contributed by atoms with Crippen molar-refractivity contribution in [1.82, 2.24) is 10.2 Å². The molecular weight excluding hydrogens is 208 g/mol. The molecule has 1 heterocycles.